The fraction of sp³-hybridized carbons (Fsp3) is 0.667. The molecule has 1 N–H and O–H groups in total. The molecule has 2 fully saturated rings. The van der Waals surface area contributed by atoms with Crippen LogP contribution >= 0.6 is 36.2 Å². The number of nitrogens with zero attached hydrogens (tertiary/aromatic N) is 2. The molecule has 7 heteroatoms. The van der Waals surface area contributed by atoms with Gasteiger partial charge >= 0.3 is 0 Å². The predicted molar refractivity (Wildman–Crippen MR) is 81.6 cm³/mol. The number of halogens is 2. The lowest BCUT2D eigenvalue weighted by molar-refractivity contribution is 0.0753. The third-order valence-electron chi connectivity index (χ3n) is 3.96. The van der Waals surface area contributed by atoms with Gasteiger partial charge in [0.25, 0.3) is 5.91 Å². The second-order valence-corrected chi connectivity index (χ2v) is 5.64. The molecule has 0 aromatic carbocycles. The van der Waals surface area contributed by atoms with E-state index in [-0.39, 0.29) is 30.7 Å². The summed E-state index contributed by atoms with van der Waals surface area (Å²) in [7, 11) is 0. The lowest BCUT2D eigenvalue weighted by Gasteiger charge is -2.19. The molecule has 0 saturated carbocycles. The SMILES string of the molecule is Cl.Cl.O=C(c1cscn1)N1CC[C@@H]2CNC[C@@H]2CC1. The summed E-state index contributed by atoms with van der Waals surface area (Å²) < 4.78 is 0. The van der Waals surface area contributed by atoms with Gasteiger partial charge in [0, 0.05) is 18.5 Å². The zero-order valence-electron chi connectivity index (χ0n) is 10.6. The van der Waals surface area contributed by atoms with Crippen LogP contribution in [0.25, 0.3) is 0 Å². The molecular formula is C12H19Cl2N3OS. The van der Waals surface area contributed by atoms with Crippen LogP contribution in [0.5, 0.6) is 0 Å². The average molecular weight is 324 g/mol. The van der Waals surface area contributed by atoms with Gasteiger partial charge in [0.05, 0.1) is 5.51 Å². The lowest BCUT2D eigenvalue weighted by atomic mass is 9.92. The van der Waals surface area contributed by atoms with Crippen LogP contribution in [0.3, 0.4) is 0 Å². The Kier molecular flexibility index (Phi) is 6.53. The molecule has 2 saturated heterocycles. The summed E-state index contributed by atoms with van der Waals surface area (Å²) in [5, 5.41) is 5.29. The first-order valence-corrected chi connectivity index (χ1v) is 7.17. The summed E-state index contributed by atoms with van der Waals surface area (Å²) in [6.07, 6.45) is 2.26. The highest BCUT2D eigenvalue weighted by molar-refractivity contribution is 7.07. The Balaban J connectivity index is 0.000000902. The lowest BCUT2D eigenvalue weighted by Crippen LogP contribution is -2.32. The number of amides is 1. The van der Waals surface area contributed by atoms with Gasteiger partial charge in [-0.2, -0.15) is 0 Å². The van der Waals surface area contributed by atoms with Gasteiger partial charge in [-0.25, -0.2) is 4.98 Å². The molecule has 2 atom stereocenters. The summed E-state index contributed by atoms with van der Waals surface area (Å²) >= 11 is 1.49. The van der Waals surface area contributed by atoms with Crippen molar-refractivity contribution in [3.05, 3.63) is 16.6 Å². The van der Waals surface area contributed by atoms with Gasteiger partial charge in [0.2, 0.25) is 0 Å². The molecule has 3 rings (SSSR count). The highest BCUT2D eigenvalue weighted by Gasteiger charge is 2.31. The van der Waals surface area contributed by atoms with E-state index in [4.69, 9.17) is 0 Å². The molecule has 0 bridgehead atoms. The Labute approximate surface area is 129 Å². The Morgan fingerprint density at radius 2 is 1.89 bits per heavy atom. The maximum absolute atomic E-state index is 12.2. The number of fused-ring (bicyclic) bond motifs is 1. The maximum Gasteiger partial charge on any atom is 0.273 e. The Morgan fingerprint density at radius 1 is 1.26 bits per heavy atom. The molecule has 19 heavy (non-hydrogen) atoms. The fourth-order valence-corrected chi connectivity index (χ4v) is 3.43. The quantitative estimate of drug-likeness (QED) is 0.860. The minimum Gasteiger partial charge on any atom is -0.337 e. The first-order chi connectivity index (χ1) is 8.34. The molecule has 0 unspecified atom stereocenters. The van der Waals surface area contributed by atoms with Crippen LogP contribution in [0.15, 0.2) is 10.9 Å². The van der Waals surface area contributed by atoms with Crippen LogP contribution in [0.2, 0.25) is 0 Å². The van der Waals surface area contributed by atoms with E-state index < -0.39 is 0 Å². The van der Waals surface area contributed by atoms with E-state index in [1.165, 1.54) is 11.3 Å². The van der Waals surface area contributed by atoms with Gasteiger partial charge in [0.15, 0.2) is 0 Å². The van der Waals surface area contributed by atoms with Crippen LogP contribution in [0.1, 0.15) is 23.3 Å². The number of hydrogen-bond acceptors (Lipinski definition) is 4. The minimum absolute atomic E-state index is 0. The normalized spacial score (nSPS) is 25.8. The Hall–Kier alpha value is -0.360. The van der Waals surface area contributed by atoms with Crippen molar-refractivity contribution in [1.29, 1.82) is 0 Å². The van der Waals surface area contributed by atoms with Crippen LogP contribution in [0, 0.1) is 11.8 Å². The zero-order chi connectivity index (χ0) is 11.7. The van der Waals surface area contributed by atoms with Gasteiger partial charge in [-0.1, -0.05) is 0 Å². The number of rotatable bonds is 1. The summed E-state index contributed by atoms with van der Waals surface area (Å²) in [4.78, 5) is 18.3. The Morgan fingerprint density at radius 3 is 2.42 bits per heavy atom. The van der Waals surface area contributed by atoms with Crippen molar-refractivity contribution in [2.75, 3.05) is 26.2 Å². The number of nitrogens with one attached hydrogen (secondary N) is 1. The average Bonchev–Trinajstić information content (AvgIpc) is 2.97. The smallest absolute Gasteiger partial charge is 0.273 e. The topological polar surface area (TPSA) is 45.2 Å². The first kappa shape index (κ1) is 16.7. The summed E-state index contributed by atoms with van der Waals surface area (Å²) in [5.74, 6) is 1.64. The molecule has 1 amide bonds. The number of hydrogen-bond donors (Lipinski definition) is 1. The van der Waals surface area contributed by atoms with Crippen molar-refractivity contribution in [2.45, 2.75) is 12.8 Å². The van der Waals surface area contributed by atoms with Crippen molar-refractivity contribution < 1.29 is 4.79 Å². The summed E-state index contributed by atoms with van der Waals surface area (Å²) in [6, 6.07) is 0. The Bertz CT molecular complexity index is 388. The molecule has 4 nitrogen and oxygen atoms in total. The van der Waals surface area contributed by atoms with Gasteiger partial charge in [-0.15, -0.1) is 36.2 Å². The van der Waals surface area contributed by atoms with Crippen LogP contribution in [-0.4, -0.2) is 42.0 Å². The number of aromatic nitrogens is 1. The second-order valence-electron chi connectivity index (χ2n) is 4.92. The molecule has 2 aliphatic heterocycles. The van der Waals surface area contributed by atoms with E-state index in [0.717, 1.165) is 50.9 Å². The van der Waals surface area contributed by atoms with Crippen molar-refractivity contribution in [3.8, 4) is 0 Å². The van der Waals surface area contributed by atoms with Crippen LogP contribution in [0.4, 0.5) is 0 Å². The standard InChI is InChI=1S/C12H17N3OS.2ClH/c16-12(11-7-17-8-14-11)15-3-1-9-5-13-6-10(9)2-4-15;;/h7-10,13H,1-6H2;2*1H/t9-,10+;;. The number of carbonyl (C=O) groups is 1. The third kappa shape index (κ3) is 3.60. The molecule has 0 aliphatic carbocycles. The predicted octanol–water partition coefficient (Wildman–Crippen LogP) is 2.06. The van der Waals surface area contributed by atoms with Gasteiger partial charge in [0.1, 0.15) is 5.69 Å². The van der Waals surface area contributed by atoms with Gasteiger partial charge in [-0.05, 0) is 37.8 Å². The molecule has 0 spiro atoms. The summed E-state index contributed by atoms with van der Waals surface area (Å²) in [5.41, 5.74) is 2.34. The fourth-order valence-electron chi connectivity index (χ4n) is 2.90. The molecule has 0 radical (unpaired) electrons. The molecule has 2 aliphatic rings. The van der Waals surface area contributed by atoms with Gasteiger partial charge < -0.3 is 10.2 Å². The first-order valence-electron chi connectivity index (χ1n) is 6.23. The highest BCUT2D eigenvalue weighted by atomic mass is 35.5. The second kappa shape index (κ2) is 7.43. The molecular weight excluding hydrogens is 305 g/mol. The van der Waals surface area contributed by atoms with Gasteiger partial charge in [-0.3, -0.25) is 4.79 Å². The largest absolute Gasteiger partial charge is 0.337 e. The van der Waals surface area contributed by atoms with E-state index in [0.29, 0.717) is 5.69 Å². The molecule has 1 aromatic rings. The van der Waals surface area contributed by atoms with E-state index >= 15 is 0 Å². The molecule has 3 heterocycles. The zero-order valence-corrected chi connectivity index (χ0v) is 13.0. The van der Waals surface area contributed by atoms with E-state index in [2.05, 4.69) is 10.3 Å². The number of likely N-dealkylation sites (tertiary alicyclic amines) is 1. The number of carbonyl (C=O) groups excluding carboxylic acids is 1. The van der Waals surface area contributed by atoms with Crippen molar-refractivity contribution in [2.24, 2.45) is 11.8 Å². The van der Waals surface area contributed by atoms with E-state index in [1.54, 1.807) is 5.51 Å². The maximum atomic E-state index is 12.2. The van der Waals surface area contributed by atoms with Crippen molar-refractivity contribution in [3.63, 3.8) is 0 Å². The molecule has 1 aromatic heterocycles. The highest BCUT2D eigenvalue weighted by Crippen LogP contribution is 2.27. The van der Waals surface area contributed by atoms with Crippen molar-refractivity contribution in [1.82, 2.24) is 15.2 Å². The van der Waals surface area contributed by atoms with E-state index in [1.807, 2.05) is 10.3 Å². The van der Waals surface area contributed by atoms with Crippen LogP contribution < -0.4 is 5.32 Å². The van der Waals surface area contributed by atoms with Crippen LogP contribution in [-0.2, 0) is 0 Å². The summed E-state index contributed by atoms with van der Waals surface area (Å²) in [6.45, 7) is 4.03. The third-order valence-corrected chi connectivity index (χ3v) is 4.54. The molecule has 108 valence electrons. The van der Waals surface area contributed by atoms with Crippen molar-refractivity contribution >= 4 is 42.1 Å². The minimum atomic E-state index is 0. The van der Waals surface area contributed by atoms with E-state index in [9.17, 15) is 4.79 Å². The number of thiazole rings is 1. The monoisotopic (exact) mass is 323 g/mol.